The molecule has 29 heavy (non-hydrogen) atoms. The first-order valence-corrected chi connectivity index (χ1v) is 9.79. The zero-order valence-electron chi connectivity index (χ0n) is 15.7. The molecule has 2 aromatic carbocycles. The zero-order valence-corrected chi connectivity index (χ0v) is 15.7. The number of carbonyl (C=O) groups is 1. The van der Waals surface area contributed by atoms with Crippen LogP contribution in [0, 0.1) is 5.92 Å². The van der Waals surface area contributed by atoms with Gasteiger partial charge in [-0.2, -0.15) is 0 Å². The van der Waals surface area contributed by atoms with Crippen molar-refractivity contribution in [2.75, 3.05) is 6.54 Å². The second kappa shape index (κ2) is 6.76. The van der Waals surface area contributed by atoms with Gasteiger partial charge in [0.15, 0.2) is 5.82 Å². The van der Waals surface area contributed by atoms with Gasteiger partial charge in [-0.15, -0.1) is 5.10 Å². The fraction of sp³-hybridized carbons (Fsp3) is 0.318. The number of alkyl halides is 2. The molecule has 7 heteroatoms. The standard InChI is InChI=1S/C22H20F2N4O/c23-22(24)12-11-18-13-16(22)14-27(18)21(29)19-25-20(15-7-3-1-4-8-15)28(26-19)17-9-5-2-6-10-17/h1-10,16,18H,11-14H2. The summed E-state index contributed by atoms with van der Waals surface area (Å²) in [6.45, 7) is 0.0665. The zero-order chi connectivity index (χ0) is 20.0. The van der Waals surface area contributed by atoms with Gasteiger partial charge < -0.3 is 4.90 Å². The topological polar surface area (TPSA) is 51.0 Å². The fourth-order valence-electron chi connectivity index (χ4n) is 4.36. The van der Waals surface area contributed by atoms with E-state index in [0.717, 1.165) is 11.3 Å². The highest BCUT2D eigenvalue weighted by molar-refractivity contribution is 5.91. The summed E-state index contributed by atoms with van der Waals surface area (Å²) in [6, 6.07) is 18.8. The summed E-state index contributed by atoms with van der Waals surface area (Å²) in [7, 11) is 0. The van der Waals surface area contributed by atoms with Crippen LogP contribution >= 0.6 is 0 Å². The van der Waals surface area contributed by atoms with Crippen LogP contribution < -0.4 is 0 Å². The number of carbonyl (C=O) groups excluding carboxylic acids is 1. The summed E-state index contributed by atoms with van der Waals surface area (Å²) in [5.41, 5.74) is 1.61. The first-order valence-electron chi connectivity index (χ1n) is 9.79. The van der Waals surface area contributed by atoms with Crippen LogP contribution in [-0.2, 0) is 0 Å². The van der Waals surface area contributed by atoms with Crippen LogP contribution in [0.2, 0.25) is 0 Å². The van der Waals surface area contributed by atoms with Gasteiger partial charge in [-0.1, -0.05) is 48.5 Å². The third kappa shape index (κ3) is 3.10. The summed E-state index contributed by atoms with van der Waals surface area (Å²) in [5, 5.41) is 4.48. The lowest BCUT2D eigenvalue weighted by Gasteiger charge is -2.27. The van der Waals surface area contributed by atoms with Crippen molar-refractivity contribution >= 4 is 5.91 Å². The number of aromatic nitrogens is 3. The normalized spacial score (nSPS) is 22.6. The van der Waals surface area contributed by atoms with Crippen molar-refractivity contribution in [3.8, 4) is 17.1 Å². The maximum absolute atomic E-state index is 14.1. The molecular formula is C22H20F2N4O. The Morgan fingerprint density at radius 1 is 1.03 bits per heavy atom. The Morgan fingerprint density at radius 3 is 2.41 bits per heavy atom. The molecule has 5 rings (SSSR count). The van der Waals surface area contributed by atoms with E-state index in [0.29, 0.717) is 18.7 Å². The van der Waals surface area contributed by atoms with E-state index in [1.807, 2.05) is 60.7 Å². The number of likely N-dealkylation sites (tertiary alicyclic amines) is 1. The monoisotopic (exact) mass is 394 g/mol. The van der Waals surface area contributed by atoms with Crippen LogP contribution in [0.5, 0.6) is 0 Å². The minimum Gasteiger partial charge on any atom is -0.332 e. The van der Waals surface area contributed by atoms with Crippen LogP contribution in [0.25, 0.3) is 17.1 Å². The van der Waals surface area contributed by atoms with Gasteiger partial charge in [-0.3, -0.25) is 4.79 Å². The summed E-state index contributed by atoms with van der Waals surface area (Å²) < 4.78 is 29.8. The molecule has 2 bridgehead atoms. The van der Waals surface area contributed by atoms with Crippen molar-refractivity contribution in [1.29, 1.82) is 0 Å². The van der Waals surface area contributed by atoms with Gasteiger partial charge in [0, 0.05) is 30.5 Å². The third-order valence-electron chi connectivity index (χ3n) is 5.91. The van der Waals surface area contributed by atoms with Gasteiger partial charge in [0.1, 0.15) is 0 Å². The largest absolute Gasteiger partial charge is 0.332 e. The highest BCUT2D eigenvalue weighted by Gasteiger charge is 2.52. The van der Waals surface area contributed by atoms with E-state index < -0.39 is 11.8 Å². The minimum atomic E-state index is -2.70. The molecule has 5 nitrogen and oxygen atoms in total. The Balaban J connectivity index is 1.53. The first-order chi connectivity index (χ1) is 14.0. The highest BCUT2D eigenvalue weighted by atomic mass is 19.3. The Morgan fingerprint density at radius 2 is 1.72 bits per heavy atom. The molecule has 2 aliphatic rings. The molecule has 2 unspecified atom stereocenters. The molecule has 1 aromatic heterocycles. The van der Waals surface area contributed by atoms with Crippen LogP contribution in [0.15, 0.2) is 60.7 Å². The highest BCUT2D eigenvalue weighted by Crippen LogP contribution is 2.45. The average Bonchev–Trinajstić information content (AvgIpc) is 3.36. The van der Waals surface area contributed by atoms with Crippen molar-refractivity contribution in [1.82, 2.24) is 19.7 Å². The Hall–Kier alpha value is -3.09. The number of para-hydroxylation sites is 1. The van der Waals surface area contributed by atoms with Gasteiger partial charge in [-0.05, 0) is 25.0 Å². The number of fused-ring (bicyclic) bond motifs is 2. The van der Waals surface area contributed by atoms with Gasteiger partial charge in [0.05, 0.1) is 5.69 Å². The molecule has 1 saturated heterocycles. The van der Waals surface area contributed by atoms with E-state index in [2.05, 4.69) is 10.1 Å². The number of halogens is 2. The predicted octanol–water partition coefficient (Wildman–Crippen LogP) is 4.19. The number of benzene rings is 2. The van der Waals surface area contributed by atoms with Crippen LogP contribution in [0.3, 0.4) is 0 Å². The lowest BCUT2D eigenvalue weighted by molar-refractivity contribution is -0.0709. The van der Waals surface area contributed by atoms with Crippen LogP contribution in [0.4, 0.5) is 8.78 Å². The van der Waals surface area contributed by atoms with Gasteiger partial charge in [0.25, 0.3) is 11.8 Å². The molecule has 2 fully saturated rings. The second-order valence-corrected chi connectivity index (χ2v) is 7.72. The summed E-state index contributed by atoms with van der Waals surface area (Å²) in [4.78, 5) is 19.2. The van der Waals surface area contributed by atoms with E-state index in [4.69, 9.17) is 0 Å². The van der Waals surface area contributed by atoms with Gasteiger partial charge in [0.2, 0.25) is 5.82 Å². The first kappa shape index (κ1) is 18.0. The third-order valence-corrected chi connectivity index (χ3v) is 5.91. The van der Waals surface area contributed by atoms with Crippen molar-refractivity contribution in [3.63, 3.8) is 0 Å². The molecule has 2 atom stereocenters. The molecule has 0 spiro atoms. The van der Waals surface area contributed by atoms with E-state index in [1.165, 1.54) is 0 Å². The Kier molecular flexibility index (Phi) is 4.19. The van der Waals surface area contributed by atoms with Crippen LogP contribution in [-0.4, -0.2) is 44.1 Å². The molecule has 0 N–H and O–H groups in total. The molecule has 0 radical (unpaired) electrons. The van der Waals surface area contributed by atoms with Crippen LogP contribution in [0.1, 0.15) is 29.9 Å². The van der Waals surface area contributed by atoms with Crippen molar-refractivity contribution in [3.05, 3.63) is 66.5 Å². The number of nitrogens with zero attached hydrogens (tertiary/aromatic N) is 4. The van der Waals surface area contributed by atoms with E-state index in [1.54, 1.807) is 9.58 Å². The molecule has 2 heterocycles. The van der Waals surface area contributed by atoms with Gasteiger partial charge >= 0.3 is 0 Å². The van der Waals surface area contributed by atoms with E-state index >= 15 is 0 Å². The molecule has 1 saturated carbocycles. The number of hydrogen-bond acceptors (Lipinski definition) is 3. The van der Waals surface area contributed by atoms with Gasteiger partial charge in [-0.25, -0.2) is 18.4 Å². The second-order valence-electron chi connectivity index (χ2n) is 7.72. The summed E-state index contributed by atoms with van der Waals surface area (Å²) >= 11 is 0. The Bertz CT molecular complexity index is 978. The van der Waals surface area contributed by atoms with E-state index in [9.17, 15) is 13.6 Å². The molecule has 1 amide bonds. The fourth-order valence-corrected chi connectivity index (χ4v) is 4.36. The average molecular weight is 394 g/mol. The van der Waals surface area contributed by atoms with Crippen molar-refractivity contribution in [2.24, 2.45) is 5.92 Å². The summed E-state index contributed by atoms with van der Waals surface area (Å²) in [5.74, 6) is -3.24. The lowest BCUT2D eigenvalue weighted by Crippen LogP contribution is -2.36. The molecule has 1 aliphatic carbocycles. The number of hydrogen-bond donors (Lipinski definition) is 0. The SMILES string of the molecule is O=C(c1nc(-c2ccccc2)n(-c2ccccc2)n1)N1CC2CC1CCC2(F)F. The summed E-state index contributed by atoms with van der Waals surface area (Å²) in [6.07, 6.45) is 0.511. The maximum Gasteiger partial charge on any atom is 0.293 e. The lowest BCUT2D eigenvalue weighted by atomic mass is 9.87. The maximum atomic E-state index is 14.1. The molecule has 1 aliphatic heterocycles. The molecular weight excluding hydrogens is 374 g/mol. The number of amides is 1. The Labute approximate surface area is 167 Å². The smallest absolute Gasteiger partial charge is 0.293 e. The van der Waals surface area contributed by atoms with Crippen molar-refractivity contribution < 1.29 is 13.6 Å². The molecule has 148 valence electrons. The van der Waals surface area contributed by atoms with E-state index in [-0.39, 0.29) is 30.7 Å². The number of rotatable bonds is 3. The minimum absolute atomic E-state index is 0.0450. The predicted molar refractivity (Wildman–Crippen MR) is 104 cm³/mol. The van der Waals surface area contributed by atoms with Crippen molar-refractivity contribution in [2.45, 2.75) is 31.2 Å². The molecule has 3 aromatic rings. The quantitative estimate of drug-likeness (QED) is 0.669.